The summed E-state index contributed by atoms with van der Waals surface area (Å²) in [5.41, 5.74) is 2.23. The minimum atomic E-state index is -3.88. The third-order valence-corrected chi connectivity index (χ3v) is 10.6. The van der Waals surface area contributed by atoms with E-state index in [4.69, 9.17) is 16.3 Å². The highest BCUT2D eigenvalue weighted by Gasteiger charge is 2.44. The highest BCUT2D eigenvalue weighted by Crippen LogP contribution is 2.37. The molecule has 0 aromatic rings. The van der Waals surface area contributed by atoms with E-state index < -0.39 is 33.4 Å². The van der Waals surface area contributed by atoms with Crippen LogP contribution in [0.15, 0.2) is 0 Å². The van der Waals surface area contributed by atoms with Crippen molar-refractivity contribution in [2.24, 2.45) is 23.7 Å². The van der Waals surface area contributed by atoms with Crippen LogP contribution in [0.3, 0.4) is 0 Å². The summed E-state index contributed by atoms with van der Waals surface area (Å²) in [6.45, 7) is 2.92. The fourth-order valence-corrected chi connectivity index (χ4v) is 8.14. The number of carbonyl (C=O) groups excluding carboxylic acids is 2. The molecule has 2 aliphatic heterocycles. The van der Waals surface area contributed by atoms with Gasteiger partial charge in [-0.3, -0.25) is 20.4 Å². The van der Waals surface area contributed by atoms with Crippen molar-refractivity contribution in [3.05, 3.63) is 0 Å². The lowest BCUT2D eigenvalue weighted by atomic mass is 9.76. The second kappa shape index (κ2) is 13.6. The van der Waals surface area contributed by atoms with Gasteiger partial charge in [0.2, 0.25) is 15.9 Å². The summed E-state index contributed by atoms with van der Waals surface area (Å²) in [7, 11) is -0.166. The Bertz CT molecular complexity index is 955. The molecule has 6 atom stereocenters. The van der Waals surface area contributed by atoms with Crippen molar-refractivity contribution >= 4 is 33.6 Å². The van der Waals surface area contributed by atoms with Gasteiger partial charge in [0.25, 0.3) is 0 Å². The molecular weight excluding hydrogens is 551 g/mol. The number of urea groups is 1. The van der Waals surface area contributed by atoms with Crippen LogP contribution in [0.1, 0.15) is 44.9 Å². The molecule has 2 saturated heterocycles. The number of nitrogens with zero attached hydrogens (tertiary/aromatic N) is 2. The molecule has 11 nitrogen and oxygen atoms in total. The van der Waals surface area contributed by atoms with Gasteiger partial charge in [-0.1, -0.05) is 0 Å². The smallest absolute Gasteiger partial charge is 0.317 e. The summed E-state index contributed by atoms with van der Waals surface area (Å²) in [6, 6.07) is -0.0617. The number of carbonyl (C=O) groups is 2. The number of hydrogen-bond donors (Lipinski definition) is 4. The number of rotatable bonds is 9. The Balaban J connectivity index is 1.19. The maximum atomic E-state index is 14.9. The lowest BCUT2D eigenvalue weighted by molar-refractivity contribution is -0.129. The molecule has 0 bridgehead atoms. The molecular formula is C25H44ClFN6O5S. The molecule has 224 valence electrons. The van der Waals surface area contributed by atoms with E-state index in [0.717, 1.165) is 38.9 Å². The average Bonchev–Trinajstić information content (AvgIpc) is 3.56. The summed E-state index contributed by atoms with van der Waals surface area (Å²) >= 11 is 6.26. The SMILES string of the molecule is COC1CCC(CNC(=O)N2CCC(CS(=O)(=O)NNC(=O)C3CC(C4CN(C)CN4)CC(Cl)C3F)C2)CC1. The normalized spacial score (nSPS) is 36.2. The highest BCUT2D eigenvalue weighted by atomic mass is 35.5. The van der Waals surface area contributed by atoms with Crippen LogP contribution >= 0.6 is 11.6 Å². The van der Waals surface area contributed by atoms with Crippen molar-refractivity contribution in [3.63, 3.8) is 0 Å². The second-order valence-electron chi connectivity index (χ2n) is 11.8. The number of alkyl halides is 2. The van der Waals surface area contributed by atoms with Crippen LogP contribution in [0, 0.1) is 23.7 Å². The molecule has 4 fully saturated rings. The van der Waals surface area contributed by atoms with Crippen molar-refractivity contribution < 1.29 is 27.1 Å². The number of ether oxygens (including phenoxy) is 1. The molecule has 4 aliphatic rings. The number of nitrogens with one attached hydrogen (secondary N) is 4. The summed E-state index contributed by atoms with van der Waals surface area (Å²) < 4.78 is 45.7. The van der Waals surface area contributed by atoms with Crippen molar-refractivity contribution in [2.45, 2.75) is 68.6 Å². The van der Waals surface area contributed by atoms with E-state index in [1.165, 1.54) is 0 Å². The number of hydrazine groups is 1. The van der Waals surface area contributed by atoms with Crippen molar-refractivity contribution in [1.29, 1.82) is 0 Å². The molecule has 2 aliphatic carbocycles. The molecule has 2 heterocycles. The van der Waals surface area contributed by atoms with Gasteiger partial charge in [0, 0.05) is 46.0 Å². The number of sulfonamides is 1. The van der Waals surface area contributed by atoms with E-state index in [1.807, 2.05) is 7.05 Å². The molecule has 2 saturated carbocycles. The number of methoxy groups -OCH3 is 1. The van der Waals surface area contributed by atoms with Gasteiger partial charge in [0.05, 0.1) is 23.2 Å². The van der Waals surface area contributed by atoms with Gasteiger partial charge in [-0.2, -0.15) is 0 Å². The average molecular weight is 595 g/mol. The van der Waals surface area contributed by atoms with E-state index in [1.54, 1.807) is 12.0 Å². The number of likely N-dealkylation sites (tertiary alicyclic amines) is 1. The number of likely N-dealkylation sites (N-methyl/N-ethyl adjacent to an activating group) is 1. The number of halogens is 2. The first-order valence-corrected chi connectivity index (χ1v) is 16.2. The zero-order valence-electron chi connectivity index (χ0n) is 22.9. The van der Waals surface area contributed by atoms with Crippen LogP contribution in [0.4, 0.5) is 9.18 Å². The molecule has 4 N–H and O–H groups in total. The van der Waals surface area contributed by atoms with Gasteiger partial charge < -0.3 is 15.0 Å². The first-order chi connectivity index (χ1) is 18.5. The summed E-state index contributed by atoms with van der Waals surface area (Å²) in [6.07, 6.45) is 4.10. The Morgan fingerprint density at radius 2 is 1.85 bits per heavy atom. The van der Waals surface area contributed by atoms with Gasteiger partial charge in [-0.05, 0) is 69.7 Å². The fourth-order valence-electron chi connectivity index (χ4n) is 6.50. The fraction of sp³-hybridized carbons (Fsp3) is 0.920. The maximum Gasteiger partial charge on any atom is 0.317 e. The van der Waals surface area contributed by atoms with E-state index in [9.17, 15) is 22.4 Å². The quantitative estimate of drug-likeness (QED) is 0.231. The van der Waals surface area contributed by atoms with Crippen molar-refractivity contribution in [1.82, 2.24) is 30.7 Å². The Labute approximate surface area is 236 Å². The van der Waals surface area contributed by atoms with Crippen LogP contribution in [0.2, 0.25) is 0 Å². The van der Waals surface area contributed by atoms with Crippen molar-refractivity contribution in [3.8, 4) is 0 Å². The Kier molecular flexibility index (Phi) is 10.7. The Morgan fingerprint density at radius 3 is 2.51 bits per heavy atom. The predicted molar refractivity (Wildman–Crippen MR) is 146 cm³/mol. The largest absolute Gasteiger partial charge is 0.381 e. The van der Waals surface area contributed by atoms with Gasteiger partial charge in [-0.15, -0.1) is 16.4 Å². The zero-order valence-corrected chi connectivity index (χ0v) is 24.5. The molecule has 3 amide bonds. The monoisotopic (exact) mass is 594 g/mol. The Morgan fingerprint density at radius 1 is 1.10 bits per heavy atom. The van der Waals surface area contributed by atoms with Crippen LogP contribution < -0.4 is 20.9 Å². The zero-order chi connectivity index (χ0) is 28.2. The van der Waals surface area contributed by atoms with Crippen molar-refractivity contribution in [2.75, 3.05) is 52.8 Å². The van der Waals surface area contributed by atoms with Crippen LogP contribution in [0.25, 0.3) is 0 Å². The second-order valence-corrected chi connectivity index (χ2v) is 14.2. The van der Waals surface area contributed by atoms with Crippen LogP contribution in [0.5, 0.6) is 0 Å². The van der Waals surface area contributed by atoms with Gasteiger partial charge in [0.1, 0.15) is 6.17 Å². The predicted octanol–water partition coefficient (Wildman–Crippen LogP) is 1.01. The van der Waals surface area contributed by atoms with Crippen LogP contribution in [-0.2, 0) is 19.6 Å². The van der Waals surface area contributed by atoms with E-state index in [-0.39, 0.29) is 29.7 Å². The molecule has 0 aromatic carbocycles. The lowest BCUT2D eigenvalue weighted by Crippen LogP contribution is -2.52. The first kappa shape index (κ1) is 30.7. The summed E-state index contributed by atoms with van der Waals surface area (Å²) in [4.78, 5) is 31.3. The molecule has 0 radical (unpaired) electrons. The summed E-state index contributed by atoms with van der Waals surface area (Å²) in [5, 5.41) is 5.56. The topological polar surface area (TPSA) is 132 Å². The molecule has 0 spiro atoms. The van der Waals surface area contributed by atoms with Gasteiger partial charge in [0.15, 0.2) is 0 Å². The Hall–Kier alpha value is -1.25. The van der Waals surface area contributed by atoms with Gasteiger partial charge in [-0.25, -0.2) is 17.6 Å². The van der Waals surface area contributed by atoms with Crippen LogP contribution in [-0.4, -0.2) is 107 Å². The minimum Gasteiger partial charge on any atom is -0.381 e. The third kappa shape index (κ3) is 8.38. The summed E-state index contributed by atoms with van der Waals surface area (Å²) in [5.74, 6) is -1.78. The highest BCUT2D eigenvalue weighted by molar-refractivity contribution is 7.89. The molecule has 0 aromatic heterocycles. The number of hydrogen-bond acceptors (Lipinski definition) is 7. The minimum absolute atomic E-state index is 0.0211. The third-order valence-electron chi connectivity index (χ3n) is 8.88. The van der Waals surface area contributed by atoms with E-state index in [0.29, 0.717) is 50.9 Å². The van der Waals surface area contributed by atoms with E-state index >= 15 is 0 Å². The molecule has 4 rings (SSSR count). The molecule has 39 heavy (non-hydrogen) atoms. The van der Waals surface area contributed by atoms with E-state index in [2.05, 4.69) is 25.8 Å². The van der Waals surface area contributed by atoms with Gasteiger partial charge >= 0.3 is 6.03 Å². The number of amides is 3. The first-order valence-electron chi connectivity index (χ1n) is 14.1. The molecule has 6 unspecified atom stereocenters. The molecule has 14 heteroatoms. The lowest BCUT2D eigenvalue weighted by Gasteiger charge is -2.37. The standard InChI is InChI=1S/C25H44ClFN6O5S/c1-32-13-22(29-15-32)18-9-20(23(27)21(26)10-18)24(34)30-31-39(36,37)14-17-7-8-33(12-17)25(35)28-11-16-3-5-19(38-2)6-4-16/h16-23,29,31H,3-15H2,1-2H3,(H,28,35)(H,30,34). The maximum absolute atomic E-state index is 14.9.